The first-order valence-electron chi connectivity index (χ1n) is 4.63. The Kier molecular flexibility index (Phi) is 2.60. The molecule has 0 saturated heterocycles. The fourth-order valence-electron chi connectivity index (χ4n) is 1.53. The monoisotopic (exact) mass is 219 g/mol. The number of rotatable bonds is 1. The maximum Gasteiger partial charge on any atom is 0.248 e. The Hall–Kier alpha value is -1.54. The molecule has 0 saturated carbocycles. The van der Waals surface area contributed by atoms with E-state index in [1.807, 2.05) is 31.2 Å². The van der Waals surface area contributed by atoms with E-state index in [0.29, 0.717) is 5.02 Å². The summed E-state index contributed by atoms with van der Waals surface area (Å²) in [5.74, 6) is 0. The molecule has 15 heavy (non-hydrogen) atoms. The SMILES string of the molecule is Cc1cc(Cl)ccc1-c1cccc(=O)[nH]1. The van der Waals surface area contributed by atoms with Gasteiger partial charge in [0.1, 0.15) is 0 Å². The van der Waals surface area contributed by atoms with Crippen LogP contribution in [0.4, 0.5) is 0 Å². The fraction of sp³-hybridized carbons (Fsp3) is 0.0833. The van der Waals surface area contributed by atoms with Crippen LogP contribution in [0.5, 0.6) is 0 Å². The van der Waals surface area contributed by atoms with Crippen LogP contribution < -0.4 is 5.56 Å². The Morgan fingerprint density at radius 1 is 1.20 bits per heavy atom. The summed E-state index contributed by atoms with van der Waals surface area (Å²) >= 11 is 5.86. The quantitative estimate of drug-likeness (QED) is 0.786. The molecule has 1 aromatic carbocycles. The third-order valence-corrected chi connectivity index (χ3v) is 2.48. The molecule has 0 atom stereocenters. The Balaban J connectivity index is 2.59. The Morgan fingerprint density at radius 2 is 2.00 bits per heavy atom. The van der Waals surface area contributed by atoms with E-state index in [4.69, 9.17) is 11.6 Å². The van der Waals surface area contributed by atoms with E-state index in [-0.39, 0.29) is 5.56 Å². The van der Waals surface area contributed by atoms with Crippen molar-refractivity contribution in [2.45, 2.75) is 6.92 Å². The van der Waals surface area contributed by atoms with Crippen LogP contribution in [0, 0.1) is 6.92 Å². The Bertz CT molecular complexity index is 545. The highest BCUT2D eigenvalue weighted by molar-refractivity contribution is 6.30. The zero-order valence-electron chi connectivity index (χ0n) is 8.25. The van der Waals surface area contributed by atoms with Crippen molar-refractivity contribution in [3.05, 3.63) is 57.3 Å². The molecule has 0 aliphatic heterocycles. The average molecular weight is 220 g/mol. The van der Waals surface area contributed by atoms with E-state index in [9.17, 15) is 4.79 Å². The standard InChI is InChI=1S/C12H10ClNO/c1-8-7-9(13)5-6-10(8)11-3-2-4-12(15)14-11/h2-7H,1H3,(H,14,15). The number of aromatic amines is 1. The second-order valence-electron chi connectivity index (χ2n) is 3.39. The third-order valence-electron chi connectivity index (χ3n) is 2.25. The zero-order chi connectivity index (χ0) is 10.8. The van der Waals surface area contributed by atoms with Gasteiger partial charge in [-0.15, -0.1) is 0 Å². The van der Waals surface area contributed by atoms with Gasteiger partial charge in [-0.05, 0) is 30.7 Å². The van der Waals surface area contributed by atoms with Crippen LogP contribution in [0.25, 0.3) is 11.3 Å². The van der Waals surface area contributed by atoms with E-state index < -0.39 is 0 Å². The molecule has 0 aliphatic rings. The van der Waals surface area contributed by atoms with Crippen molar-refractivity contribution in [1.29, 1.82) is 0 Å². The average Bonchev–Trinajstić information content (AvgIpc) is 2.17. The molecule has 0 bridgehead atoms. The number of pyridine rings is 1. The predicted octanol–water partition coefficient (Wildman–Crippen LogP) is 3.00. The normalized spacial score (nSPS) is 10.3. The summed E-state index contributed by atoms with van der Waals surface area (Å²) in [4.78, 5) is 13.9. The largest absolute Gasteiger partial charge is 0.322 e. The molecule has 1 heterocycles. The molecule has 0 spiro atoms. The molecule has 0 amide bonds. The molecule has 2 nitrogen and oxygen atoms in total. The van der Waals surface area contributed by atoms with Crippen LogP contribution in [-0.2, 0) is 0 Å². The first kappa shape index (κ1) is 9.99. The van der Waals surface area contributed by atoms with Gasteiger partial charge in [-0.2, -0.15) is 0 Å². The molecule has 2 aromatic rings. The highest BCUT2D eigenvalue weighted by Gasteiger charge is 2.02. The van der Waals surface area contributed by atoms with Crippen LogP contribution in [-0.4, -0.2) is 4.98 Å². The van der Waals surface area contributed by atoms with Gasteiger partial charge in [0.2, 0.25) is 5.56 Å². The summed E-state index contributed by atoms with van der Waals surface area (Å²) < 4.78 is 0. The number of hydrogen-bond donors (Lipinski definition) is 1. The molecular formula is C12H10ClNO. The lowest BCUT2D eigenvalue weighted by Gasteiger charge is -2.05. The fourth-order valence-corrected chi connectivity index (χ4v) is 1.76. The van der Waals surface area contributed by atoms with Crippen molar-refractivity contribution in [1.82, 2.24) is 4.98 Å². The number of nitrogens with one attached hydrogen (secondary N) is 1. The van der Waals surface area contributed by atoms with Crippen LogP contribution in [0.2, 0.25) is 5.02 Å². The summed E-state index contributed by atoms with van der Waals surface area (Å²) in [5.41, 5.74) is 2.76. The number of halogens is 1. The lowest BCUT2D eigenvalue weighted by molar-refractivity contribution is 1.23. The number of benzene rings is 1. The minimum absolute atomic E-state index is 0.0955. The molecule has 1 aromatic heterocycles. The zero-order valence-corrected chi connectivity index (χ0v) is 9.01. The van der Waals surface area contributed by atoms with Crippen molar-refractivity contribution >= 4 is 11.6 Å². The van der Waals surface area contributed by atoms with Gasteiger partial charge >= 0.3 is 0 Å². The van der Waals surface area contributed by atoms with Crippen molar-refractivity contribution in [3.8, 4) is 11.3 Å². The van der Waals surface area contributed by atoms with Crippen molar-refractivity contribution in [3.63, 3.8) is 0 Å². The second-order valence-corrected chi connectivity index (χ2v) is 3.82. The van der Waals surface area contributed by atoms with Gasteiger partial charge in [0.15, 0.2) is 0 Å². The summed E-state index contributed by atoms with van der Waals surface area (Å²) in [6.07, 6.45) is 0. The van der Waals surface area contributed by atoms with E-state index in [0.717, 1.165) is 16.8 Å². The van der Waals surface area contributed by atoms with E-state index >= 15 is 0 Å². The number of aromatic nitrogens is 1. The van der Waals surface area contributed by atoms with E-state index in [2.05, 4.69) is 4.98 Å². The molecule has 3 heteroatoms. The molecule has 0 radical (unpaired) electrons. The van der Waals surface area contributed by atoms with Gasteiger partial charge in [-0.3, -0.25) is 4.79 Å². The summed E-state index contributed by atoms with van der Waals surface area (Å²) in [6.45, 7) is 1.96. The van der Waals surface area contributed by atoms with E-state index in [1.54, 1.807) is 6.07 Å². The minimum atomic E-state index is -0.0955. The smallest absolute Gasteiger partial charge is 0.248 e. The van der Waals surface area contributed by atoms with Gasteiger partial charge in [-0.25, -0.2) is 0 Å². The highest BCUT2D eigenvalue weighted by atomic mass is 35.5. The molecule has 2 rings (SSSR count). The maximum absolute atomic E-state index is 11.2. The molecule has 0 aliphatic carbocycles. The Morgan fingerprint density at radius 3 is 2.67 bits per heavy atom. The van der Waals surface area contributed by atoms with Crippen molar-refractivity contribution in [2.75, 3.05) is 0 Å². The Labute approximate surface area is 92.5 Å². The lowest BCUT2D eigenvalue weighted by Crippen LogP contribution is -2.03. The highest BCUT2D eigenvalue weighted by Crippen LogP contribution is 2.23. The minimum Gasteiger partial charge on any atom is -0.322 e. The van der Waals surface area contributed by atoms with Gasteiger partial charge < -0.3 is 4.98 Å². The summed E-state index contributed by atoms with van der Waals surface area (Å²) in [5, 5.41) is 0.703. The molecular weight excluding hydrogens is 210 g/mol. The van der Waals surface area contributed by atoms with Gasteiger partial charge in [-0.1, -0.05) is 23.7 Å². The van der Waals surface area contributed by atoms with Crippen molar-refractivity contribution < 1.29 is 0 Å². The van der Waals surface area contributed by atoms with Gasteiger partial charge in [0, 0.05) is 22.3 Å². The van der Waals surface area contributed by atoms with Crippen molar-refractivity contribution in [2.24, 2.45) is 0 Å². The molecule has 0 fully saturated rings. The first-order valence-corrected chi connectivity index (χ1v) is 5.00. The number of hydrogen-bond acceptors (Lipinski definition) is 1. The maximum atomic E-state index is 11.2. The topological polar surface area (TPSA) is 32.9 Å². The molecule has 76 valence electrons. The third kappa shape index (κ3) is 2.10. The summed E-state index contributed by atoms with van der Waals surface area (Å²) in [6, 6.07) is 10.7. The first-order chi connectivity index (χ1) is 7.16. The summed E-state index contributed by atoms with van der Waals surface area (Å²) in [7, 11) is 0. The van der Waals surface area contributed by atoms with Gasteiger partial charge in [0.05, 0.1) is 0 Å². The lowest BCUT2D eigenvalue weighted by atomic mass is 10.1. The van der Waals surface area contributed by atoms with E-state index in [1.165, 1.54) is 6.07 Å². The van der Waals surface area contributed by atoms with Gasteiger partial charge in [0.25, 0.3) is 0 Å². The van der Waals surface area contributed by atoms with Crippen LogP contribution >= 0.6 is 11.6 Å². The molecule has 0 unspecified atom stereocenters. The number of aryl methyl sites for hydroxylation is 1. The second kappa shape index (κ2) is 3.91. The van der Waals surface area contributed by atoms with Crippen LogP contribution in [0.3, 0.4) is 0 Å². The predicted molar refractivity (Wildman–Crippen MR) is 62.2 cm³/mol. The van der Waals surface area contributed by atoms with Crippen LogP contribution in [0.15, 0.2) is 41.2 Å². The molecule has 1 N–H and O–H groups in total. The number of H-pyrrole nitrogens is 1. The van der Waals surface area contributed by atoms with Crippen LogP contribution in [0.1, 0.15) is 5.56 Å².